The second kappa shape index (κ2) is 7.26. The van der Waals surface area contributed by atoms with Gasteiger partial charge in [-0.3, -0.25) is 9.11 Å². The Labute approximate surface area is 168 Å². The predicted molar refractivity (Wildman–Crippen MR) is 67.5 cm³/mol. The first-order chi connectivity index (χ1) is 8.59. The molecule has 0 radical (unpaired) electrons. The molecule has 2 rings (SSSR count). The molecular weight excluding hydrogens is 342 g/mol. The van der Waals surface area contributed by atoms with E-state index >= 15 is 0 Å². The van der Waals surface area contributed by atoms with Crippen molar-refractivity contribution in [3.05, 3.63) is 30.3 Å². The van der Waals surface area contributed by atoms with Crippen molar-refractivity contribution in [3.63, 3.8) is 0 Å². The van der Waals surface area contributed by atoms with E-state index in [2.05, 4.69) is 0 Å². The smallest absolute Gasteiger partial charge is 1.00 e. The van der Waals surface area contributed by atoms with Crippen LogP contribution in [0.15, 0.2) is 40.1 Å². The molecule has 0 amide bonds. The van der Waals surface area contributed by atoms with Gasteiger partial charge in [0.2, 0.25) is 0 Å². The van der Waals surface area contributed by atoms with E-state index in [9.17, 15) is 21.9 Å². The fourth-order valence-corrected chi connectivity index (χ4v) is 2.72. The van der Waals surface area contributed by atoms with Gasteiger partial charge in [0.25, 0.3) is 20.2 Å². The number of benzene rings is 2. The van der Waals surface area contributed by atoms with Crippen molar-refractivity contribution in [1.82, 2.24) is 0 Å². The Morgan fingerprint density at radius 3 is 1.86 bits per heavy atom. The molecule has 0 aliphatic heterocycles. The Morgan fingerprint density at radius 1 is 0.810 bits per heavy atom. The zero-order valence-corrected chi connectivity index (χ0v) is 16.8. The monoisotopic (exact) mass is 352 g/mol. The zero-order valence-electron chi connectivity index (χ0n) is 13.2. The number of aromatic hydroxyl groups is 1. The second-order valence-corrected chi connectivity index (χ2v) is 6.59. The number of fused-ring (bicyclic) bond motifs is 1. The van der Waals surface area contributed by atoms with Crippen molar-refractivity contribution in [2.45, 2.75) is 9.79 Å². The van der Waals surface area contributed by atoms with Gasteiger partial charge in [0, 0.05) is 0 Å². The molecule has 106 valence electrons. The summed E-state index contributed by atoms with van der Waals surface area (Å²) in [5, 5.41) is 9.96. The van der Waals surface area contributed by atoms with E-state index in [4.69, 9.17) is 9.11 Å². The summed E-state index contributed by atoms with van der Waals surface area (Å²) in [5.41, 5.74) is 0. The van der Waals surface area contributed by atoms with Gasteiger partial charge in [-0.1, -0.05) is 6.07 Å². The quantitative estimate of drug-likeness (QED) is 0.366. The van der Waals surface area contributed by atoms with Crippen molar-refractivity contribution in [2.75, 3.05) is 0 Å². The van der Waals surface area contributed by atoms with Crippen LogP contribution < -0.4 is 59.1 Å². The molecule has 0 atom stereocenters. The van der Waals surface area contributed by atoms with E-state index in [0.717, 1.165) is 24.3 Å². The molecule has 11 heteroatoms. The van der Waals surface area contributed by atoms with E-state index in [1.165, 1.54) is 6.07 Å². The first-order valence-corrected chi connectivity index (χ1v) is 7.69. The molecule has 21 heavy (non-hydrogen) atoms. The third-order valence-electron chi connectivity index (χ3n) is 2.47. The zero-order chi connectivity index (χ0) is 14.4. The third-order valence-corrected chi connectivity index (χ3v) is 4.20. The van der Waals surface area contributed by atoms with Gasteiger partial charge in [-0.2, -0.15) is 16.8 Å². The van der Waals surface area contributed by atoms with E-state index in [1.807, 2.05) is 0 Å². The van der Waals surface area contributed by atoms with Crippen LogP contribution in [0.5, 0.6) is 5.75 Å². The molecule has 0 bridgehead atoms. The first-order valence-electron chi connectivity index (χ1n) is 4.81. The number of hydrogen-bond acceptors (Lipinski definition) is 5. The minimum atomic E-state index is -4.58. The summed E-state index contributed by atoms with van der Waals surface area (Å²) in [4.78, 5) is -1.07. The normalized spacial score (nSPS) is 11.5. The van der Waals surface area contributed by atoms with E-state index in [-0.39, 0.29) is 77.6 Å². The fraction of sp³-hybridized carbons (Fsp3) is 0. The second-order valence-electron chi connectivity index (χ2n) is 3.78. The Morgan fingerprint density at radius 2 is 1.38 bits per heavy atom. The van der Waals surface area contributed by atoms with Gasteiger partial charge in [0.05, 0.1) is 4.90 Å². The van der Waals surface area contributed by atoms with Crippen molar-refractivity contribution < 1.29 is 93.0 Å². The molecule has 0 saturated carbocycles. The molecule has 0 aliphatic carbocycles. The third kappa shape index (κ3) is 4.90. The molecule has 0 spiro atoms. The van der Waals surface area contributed by atoms with E-state index < -0.39 is 30.9 Å². The van der Waals surface area contributed by atoms with Gasteiger partial charge >= 0.3 is 59.1 Å². The average molecular weight is 352 g/mol. The van der Waals surface area contributed by atoms with Crippen molar-refractivity contribution in [3.8, 4) is 5.75 Å². The van der Waals surface area contributed by atoms with Crippen molar-refractivity contribution >= 4 is 31.0 Å². The molecule has 0 aromatic heterocycles. The maximum atomic E-state index is 11.0. The Balaban J connectivity index is -0.000001000. The maximum Gasteiger partial charge on any atom is 1.00 e. The van der Waals surface area contributed by atoms with Crippen LogP contribution in [0, 0.1) is 0 Å². The van der Waals surface area contributed by atoms with Gasteiger partial charge < -0.3 is 7.96 Å². The molecule has 2 aromatic carbocycles. The maximum absolute atomic E-state index is 11.0. The Bertz CT molecular complexity index is 885. The number of hydrogen-bond donors (Lipinski definition) is 3. The van der Waals surface area contributed by atoms with Gasteiger partial charge in [-0.05, 0) is 35.0 Å². The Hall–Kier alpha value is 0.320. The van der Waals surface area contributed by atoms with Crippen LogP contribution in [0.2, 0.25) is 0 Å². The predicted octanol–water partition coefficient (Wildman–Crippen LogP) is -4.73. The summed E-state index contributed by atoms with van der Waals surface area (Å²) in [7, 11) is -8.98. The first kappa shape index (κ1) is 21.3. The van der Waals surface area contributed by atoms with Crippen LogP contribution in [0.4, 0.5) is 0 Å². The van der Waals surface area contributed by atoms with E-state index in [1.54, 1.807) is 0 Å². The molecule has 0 unspecified atom stereocenters. The number of phenolic OH excluding ortho intramolecular Hbond substituents is 1. The summed E-state index contributed by atoms with van der Waals surface area (Å²) in [6.07, 6.45) is 0. The minimum Gasteiger partial charge on any atom is -1.00 e. The summed E-state index contributed by atoms with van der Waals surface area (Å²) in [6.45, 7) is 0. The van der Waals surface area contributed by atoms with Gasteiger partial charge in [0.1, 0.15) is 10.6 Å². The molecule has 0 saturated heterocycles. The molecule has 3 N–H and O–H groups in total. The van der Waals surface area contributed by atoms with Gasteiger partial charge in [-0.25, -0.2) is 0 Å². The average Bonchev–Trinajstić information content (AvgIpc) is 2.24. The van der Waals surface area contributed by atoms with Crippen LogP contribution in [-0.2, 0) is 20.2 Å². The number of rotatable bonds is 2. The van der Waals surface area contributed by atoms with Crippen LogP contribution in [0.1, 0.15) is 2.85 Å². The summed E-state index contributed by atoms with van der Waals surface area (Å²) in [5.74, 6) is -0.720. The molecule has 0 fully saturated rings. The molecular formula is C10H10Na2O7S2. The van der Waals surface area contributed by atoms with Crippen LogP contribution >= 0.6 is 0 Å². The molecule has 0 heterocycles. The van der Waals surface area contributed by atoms with Crippen LogP contribution in [-0.4, -0.2) is 31.0 Å². The minimum absolute atomic E-state index is 0. The summed E-state index contributed by atoms with van der Waals surface area (Å²) < 4.78 is 61.6. The van der Waals surface area contributed by atoms with Gasteiger partial charge in [0.15, 0.2) is 0 Å². The standard InChI is InChI=1S/C10H8O7S2.2Na.2H/c11-9-4-7-3-8(18(12,13)14)2-1-6(7)5-10(9)19(15,16)17;;;;/h1-5,11H,(H,12,13,14)(H,15,16,17);;;;/q;2*+1;2*-1. The van der Waals surface area contributed by atoms with Crippen molar-refractivity contribution in [1.29, 1.82) is 0 Å². The SMILES string of the molecule is O=S(=O)(O)c1ccc2cc(S(=O)(=O)O)c(O)cc2c1.[H-].[H-].[Na+].[Na+]. The van der Waals surface area contributed by atoms with Crippen LogP contribution in [0.25, 0.3) is 10.8 Å². The number of phenols is 1. The van der Waals surface area contributed by atoms with E-state index in [0.29, 0.717) is 0 Å². The molecule has 2 aromatic rings. The summed E-state index contributed by atoms with van der Waals surface area (Å²) in [6, 6.07) is 5.36. The Kier molecular flexibility index (Phi) is 7.37. The molecule has 7 nitrogen and oxygen atoms in total. The topological polar surface area (TPSA) is 129 Å². The van der Waals surface area contributed by atoms with Crippen molar-refractivity contribution in [2.24, 2.45) is 0 Å². The fourth-order valence-electron chi connectivity index (χ4n) is 1.61. The largest absolute Gasteiger partial charge is 1.00 e. The summed E-state index contributed by atoms with van der Waals surface area (Å²) >= 11 is 0. The van der Waals surface area contributed by atoms with Crippen LogP contribution in [0.3, 0.4) is 0 Å². The molecule has 0 aliphatic rings. The van der Waals surface area contributed by atoms with Gasteiger partial charge in [-0.15, -0.1) is 0 Å².